The van der Waals surface area contributed by atoms with E-state index in [0.717, 1.165) is 23.3 Å². The zero-order chi connectivity index (χ0) is 14.7. The first kappa shape index (κ1) is 15.7. The Morgan fingerprint density at radius 1 is 1.25 bits per heavy atom. The lowest BCUT2D eigenvalue weighted by molar-refractivity contribution is 0.249. The quantitative estimate of drug-likeness (QED) is 0.920. The van der Waals surface area contributed by atoms with Gasteiger partial charge in [0, 0.05) is 10.9 Å². The first-order valence-corrected chi connectivity index (χ1v) is 8.89. The van der Waals surface area contributed by atoms with Crippen LogP contribution in [0.25, 0.3) is 0 Å². The molecule has 0 saturated heterocycles. The van der Waals surface area contributed by atoms with Crippen molar-refractivity contribution >= 4 is 10.8 Å². The minimum atomic E-state index is -0.911. The molecule has 1 fully saturated rings. The van der Waals surface area contributed by atoms with E-state index < -0.39 is 10.8 Å². The summed E-state index contributed by atoms with van der Waals surface area (Å²) >= 11 is 0. The van der Waals surface area contributed by atoms with Crippen molar-refractivity contribution in [2.24, 2.45) is 11.8 Å². The molecule has 1 N–H and O–H groups in total. The first-order valence-electron chi connectivity index (χ1n) is 7.68. The van der Waals surface area contributed by atoms with Crippen LogP contribution in [0.15, 0.2) is 29.2 Å². The molecule has 4 atom stereocenters. The minimum absolute atomic E-state index is 0.238. The van der Waals surface area contributed by atoms with Gasteiger partial charge in [0.05, 0.1) is 16.0 Å². The van der Waals surface area contributed by atoms with Crippen molar-refractivity contribution in [3.8, 4) is 0 Å². The normalized spacial score (nSPS) is 28.6. The van der Waals surface area contributed by atoms with Crippen LogP contribution in [-0.4, -0.2) is 22.5 Å². The topological polar surface area (TPSA) is 29.1 Å². The second-order valence-corrected chi connectivity index (χ2v) is 7.95. The van der Waals surface area contributed by atoms with Crippen LogP contribution >= 0.6 is 0 Å². The second-order valence-electron chi connectivity index (χ2n) is 6.31. The van der Waals surface area contributed by atoms with E-state index in [1.165, 1.54) is 6.42 Å². The van der Waals surface area contributed by atoms with Gasteiger partial charge in [0.2, 0.25) is 0 Å². The molecule has 2 rings (SSSR count). The van der Waals surface area contributed by atoms with Crippen LogP contribution in [0.2, 0.25) is 0 Å². The molecule has 0 radical (unpaired) electrons. The van der Waals surface area contributed by atoms with Crippen molar-refractivity contribution in [1.29, 1.82) is 0 Å². The lowest BCUT2D eigenvalue weighted by atomic mass is 9.79. The van der Waals surface area contributed by atoms with E-state index in [1.807, 2.05) is 25.2 Å². The summed E-state index contributed by atoms with van der Waals surface area (Å²) in [6, 6.07) is 8.48. The molecule has 0 amide bonds. The molecular weight excluding hydrogens is 266 g/mol. The predicted molar refractivity (Wildman–Crippen MR) is 86.4 cm³/mol. The molecule has 4 unspecified atom stereocenters. The molecule has 1 aliphatic carbocycles. The summed E-state index contributed by atoms with van der Waals surface area (Å²) in [6.45, 7) is 6.64. The van der Waals surface area contributed by atoms with Gasteiger partial charge in [0.15, 0.2) is 0 Å². The Hall–Kier alpha value is -0.670. The SMILES string of the molecule is CNC1CCC(C(C)C)CC1S(=O)c1ccccc1C. The molecule has 0 spiro atoms. The summed E-state index contributed by atoms with van der Waals surface area (Å²) in [5.74, 6) is 1.39. The summed E-state index contributed by atoms with van der Waals surface area (Å²) in [4.78, 5) is 1.02. The van der Waals surface area contributed by atoms with Crippen LogP contribution in [0.1, 0.15) is 38.7 Å². The van der Waals surface area contributed by atoms with E-state index in [9.17, 15) is 4.21 Å². The molecule has 1 aromatic rings. The zero-order valence-electron chi connectivity index (χ0n) is 13.1. The molecule has 0 aliphatic heterocycles. The second kappa shape index (κ2) is 6.86. The van der Waals surface area contributed by atoms with Crippen molar-refractivity contribution in [3.05, 3.63) is 29.8 Å². The van der Waals surface area contributed by atoms with Gasteiger partial charge in [-0.2, -0.15) is 0 Å². The van der Waals surface area contributed by atoms with Crippen molar-refractivity contribution in [3.63, 3.8) is 0 Å². The van der Waals surface area contributed by atoms with Gasteiger partial charge in [0.1, 0.15) is 0 Å². The van der Waals surface area contributed by atoms with Crippen LogP contribution in [-0.2, 0) is 10.8 Å². The van der Waals surface area contributed by atoms with Gasteiger partial charge in [-0.15, -0.1) is 0 Å². The highest BCUT2D eigenvalue weighted by atomic mass is 32.2. The average molecular weight is 293 g/mol. The van der Waals surface area contributed by atoms with Crippen LogP contribution < -0.4 is 5.32 Å². The molecule has 20 heavy (non-hydrogen) atoms. The molecule has 1 saturated carbocycles. The molecule has 0 bridgehead atoms. The number of rotatable bonds is 4. The summed E-state index contributed by atoms with van der Waals surface area (Å²) in [5, 5.41) is 3.63. The van der Waals surface area contributed by atoms with Gasteiger partial charge >= 0.3 is 0 Å². The number of nitrogens with one attached hydrogen (secondary N) is 1. The highest BCUT2D eigenvalue weighted by Gasteiger charge is 2.35. The molecule has 2 nitrogen and oxygen atoms in total. The van der Waals surface area contributed by atoms with E-state index in [4.69, 9.17) is 0 Å². The average Bonchev–Trinajstić information content (AvgIpc) is 2.46. The monoisotopic (exact) mass is 293 g/mol. The van der Waals surface area contributed by atoms with Crippen LogP contribution in [0.5, 0.6) is 0 Å². The highest BCUT2D eigenvalue weighted by Crippen LogP contribution is 2.34. The van der Waals surface area contributed by atoms with Gasteiger partial charge in [0.25, 0.3) is 0 Å². The first-order chi connectivity index (χ1) is 9.54. The van der Waals surface area contributed by atoms with E-state index in [-0.39, 0.29) is 5.25 Å². The zero-order valence-corrected chi connectivity index (χ0v) is 13.9. The van der Waals surface area contributed by atoms with E-state index in [0.29, 0.717) is 17.9 Å². The number of benzene rings is 1. The predicted octanol–water partition coefficient (Wildman–Crippen LogP) is 3.52. The van der Waals surface area contributed by atoms with Crippen molar-refractivity contribution in [2.75, 3.05) is 7.05 Å². The van der Waals surface area contributed by atoms with Crippen molar-refractivity contribution < 1.29 is 4.21 Å². The third-order valence-electron chi connectivity index (χ3n) is 4.73. The standard InChI is InChI=1S/C17H27NOS/c1-12(2)14-9-10-15(18-4)17(11-14)20(19)16-8-6-5-7-13(16)3/h5-8,12,14-15,17-18H,9-11H2,1-4H3. The minimum Gasteiger partial charge on any atom is -0.316 e. The van der Waals surface area contributed by atoms with Gasteiger partial charge in [-0.3, -0.25) is 4.21 Å². The third-order valence-corrected chi connectivity index (χ3v) is 6.69. The number of aryl methyl sites for hydroxylation is 1. The van der Waals surface area contributed by atoms with Crippen LogP contribution in [0.3, 0.4) is 0 Å². The summed E-state index contributed by atoms with van der Waals surface area (Å²) in [7, 11) is 1.09. The van der Waals surface area contributed by atoms with Crippen LogP contribution in [0.4, 0.5) is 0 Å². The molecule has 3 heteroatoms. The lowest BCUT2D eigenvalue weighted by Gasteiger charge is -2.37. The van der Waals surface area contributed by atoms with Gasteiger partial charge in [-0.25, -0.2) is 0 Å². The highest BCUT2D eigenvalue weighted by molar-refractivity contribution is 7.85. The maximum absolute atomic E-state index is 13.0. The fourth-order valence-electron chi connectivity index (χ4n) is 3.28. The summed E-state index contributed by atoms with van der Waals surface area (Å²) in [5.41, 5.74) is 1.15. The molecule has 1 aromatic carbocycles. The van der Waals surface area contributed by atoms with Gasteiger partial charge < -0.3 is 5.32 Å². The molecule has 112 valence electrons. The van der Waals surface area contributed by atoms with Crippen molar-refractivity contribution in [2.45, 2.75) is 56.2 Å². The Kier molecular flexibility index (Phi) is 5.39. The summed E-state index contributed by atoms with van der Waals surface area (Å²) in [6.07, 6.45) is 3.47. The van der Waals surface area contributed by atoms with Crippen molar-refractivity contribution in [1.82, 2.24) is 5.32 Å². The Balaban J connectivity index is 2.23. The van der Waals surface area contributed by atoms with E-state index >= 15 is 0 Å². The fraction of sp³-hybridized carbons (Fsp3) is 0.647. The Morgan fingerprint density at radius 2 is 1.95 bits per heavy atom. The Morgan fingerprint density at radius 3 is 2.55 bits per heavy atom. The fourth-order valence-corrected chi connectivity index (χ4v) is 5.19. The third kappa shape index (κ3) is 3.32. The largest absolute Gasteiger partial charge is 0.316 e. The molecular formula is C17H27NOS. The molecule has 1 aliphatic rings. The number of hydrogen-bond donors (Lipinski definition) is 1. The van der Waals surface area contributed by atoms with E-state index in [1.54, 1.807) is 0 Å². The maximum atomic E-state index is 13.0. The summed E-state index contributed by atoms with van der Waals surface area (Å²) < 4.78 is 13.0. The van der Waals surface area contributed by atoms with E-state index in [2.05, 4.69) is 32.2 Å². The maximum Gasteiger partial charge on any atom is 0.0579 e. The smallest absolute Gasteiger partial charge is 0.0579 e. The number of hydrogen-bond acceptors (Lipinski definition) is 2. The van der Waals surface area contributed by atoms with Gasteiger partial charge in [-0.1, -0.05) is 32.0 Å². The molecule has 0 heterocycles. The molecule has 0 aromatic heterocycles. The van der Waals surface area contributed by atoms with Gasteiger partial charge in [-0.05, 0) is 56.7 Å². The Labute approximate surface area is 125 Å². The van der Waals surface area contributed by atoms with Crippen LogP contribution in [0, 0.1) is 18.8 Å². The lowest BCUT2D eigenvalue weighted by Crippen LogP contribution is -2.45. The Bertz CT molecular complexity index is 472.